The van der Waals surface area contributed by atoms with Crippen LogP contribution in [0.4, 0.5) is 0 Å². The lowest BCUT2D eigenvalue weighted by molar-refractivity contribution is 0.117. The van der Waals surface area contributed by atoms with Crippen LogP contribution in [0.15, 0.2) is 24.3 Å². The lowest BCUT2D eigenvalue weighted by atomic mass is 9.99. The predicted molar refractivity (Wildman–Crippen MR) is 101 cm³/mol. The Balaban J connectivity index is 2.02. The molecule has 1 fully saturated rings. The van der Waals surface area contributed by atoms with Gasteiger partial charge in [-0.2, -0.15) is 0 Å². The molecule has 0 bridgehead atoms. The molecule has 0 unspecified atom stereocenters. The molecule has 1 aliphatic rings. The highest BCUT2D eigenvalue weighted by molar-refractivity contribution is 5.32. The van der Waals surface area contributed by atoms with Crippen molar-refractivity contribution in [2.75, 3.05) is 40.3 Å². The van der Waals surface area contributed by atoms with Gasteiger partial charge in [0.2, 0.25) is 0 Å². The van der Waals surface area contributed by atoms with Gasteiger partial charge in [-0.1, -0.05) is 19.1 Å². The SMILES string of the molecule is CCC(C)(C)n1nnnc1[C@H](c1ccc(OC)cc1)N1CCN(C)CC1. The van der Waals surface area contributed by atoms with Gasteiger partial charge in [-0.3, -0.25) is 4.90 Å². The zero-order valence-corrected chi connectivity index (χ0v) is 16.5. The average molecular weight is 358 g/mol. The van der Waals surface area contributed by atoms with Gasteiger partial charge in [0.25, 0.3) is 0 Å². The van der Waals surface area contributed by atoms with Gasteiger partial charge < -0.3 is 9.64 Å². The minimum atomic E-state index is -0.129. The molecule has 1 atom stereocenters. The number of rotatable bonds is 6. The summed E-state index contributed by atoms with van der Waals surface area (Å²) in [4.78, 5) is 4.84. The van der Waals surface area contributed by atoms with Gasteiger partial charge in [-0.15, -0.1) is 5.10 Å². The van der Waals surface area contributed by atoms with Crippen molar-refractivity contribution in [3.05, 3.63) is 35.7 Å². The highest BCUT2D eigenvalue weighted by Crippen LogP contribution is 2.32. The quantitative estimate of drug-likeness (QED) is 0.789. The lowest BCUT2D eigenvalue weighted by Gasteiger charge is -2.38. The van der Waals surface area contributed by atoms with Gasteiger partial charge in [0.1, 0.15) is 5.75 Å². The van der Waals surface area contributed by atoms with E-state index >= 15 is 0 Å². The first-order valence-electron chi connectivity index (χ1n) is 9.31. The highest BCUT2D eigenvalue weighted by atomic mass is 16.5. The predicted octanol–water partition coefficient (Wildman–Crippen LogP) is 2.16. The number of methoxy groups -OCH3 is 1. The van der Waals surface area contributed by atoms with Crippen LogP contribution in [0.1, 0.15) is 44.6 Å². The summed E-state index contributed by atoms with van der Waals surface area (Å²) >= 11 is 0. The zero-order chi connectivity index (χ0) is 18.7. The number of aromatic nitrogens is 4. The number of benzene rings is 1. The Morgan fingerprint density at radius 1 is 1.12 bits per heavy atom. The normalized spacial score (nSPS) is 18.0. The fourth-order valence-corrected chi connectivity index (χ4v) is 3.33. The average Bonchev–Trinajstić information content (AvgIpc) is 3.14. The summed E-state index contributed by atoms with van der Waals surface area (Å²) in [6.45, 7) is 10.6. The highest BCUT2D eigenvalue weighted by Gasteiger charge is 2.33. The Kier molecular flexibility index (Phi) is 5.58. The van der Waals surface area contributed by atoms with Crippen LogP contribution in [-0.4, -0.2) is 70.3 Å². The molecule has 1 aromatic carbocycles. The molecule has 3 rings (SSSR count). The summed E-state index contributed by atoms with van der Waals surface area (Å²) in [5.74, 6) is 1.77. The van der Waals surface area contributed by atoms with Crippen LogP contribution in [-0.2, 0) is 5.54 Å². The zero-order valence-electron chi connectivity index (χ0n) is 16.5. The van der Waals surface area contributed by atoms with E-state index in [2.05, 4.69) is 65.3 Å². The second-order valence-electron chi connectivity index (χ2n) is 7.63. The van der Waals surface area contributed by atoms with E-state index in [0.29, 0.717) is 0 Å². The molecule has 7 heteroatoms. The standard InChI is InChI=1S/C19H30N6O/c1-6-19(2,3)25-18(20-21-22-25)17(24-13-11-23(4)12-14-24)15-7-9-16(26-5)10-8-15/h7-10,17H,6,11-14H2,1-5H3/t17-/m0/s1. The van der Waals surface area contributed by atoms with Crippen LogP contribution >= 0.6 is 0 Å². The fourth-order valence-electron chi connectivity index (χ4n) is 3.33. The summed E-state index contributed by atoms with van der Waals surface area (Å²) in [6, 6.07) is 8.31. The van der Waals surface area contributed by atoms with Crippen molar-refractivity contribution in [2.24, 2.45) is 0 Å². The van der Waals surface area contributed by atoms with E-state index in [1.165, 1.54) is 5.56 Å². The minimum Gasteiger partial charge on any atom is -0.497 e. The molecule has 0 saturated carbocycles. The van der Waals surface area contributed by atoms with E-state index in [4.69, 9.17) is 4.74 Å². The molecule has 0 aliphatic carbocycles. The van der Waals surface area contributed by atoms with Crippen LogP contribution in [0.3, 0.4) is 0 Å². The van der Waals surface area contributed by atoms with Gasteiger partial charge in [-0.05, 0) is 55.4 Å². The van der Waals surface area contributed by atoms with Gasteiger partial charge in [0.05, 0.1) is 18.7 Å². The van der Waals surface area contributed by atoms with Crippen molar-refractivity contribution in [3.8, 4) is 5.75 Å². The summed E-state index contributed by atoms with van der Waals surface area (Å²) in [7, 11) is 3.86. The molecule has 26 heavy (non-hydrogen) atoms. The smallest absolute Gasteiger partial charge is 0.173 e. The van der Waals surface area contributed by atoms with Crippen molar-refractivity contribution in [1.29, 1.82) is 0 Å². The number of piperazine rings is 1. The van der Waals surface area contributed by atoms with Crippen LogP contribution in [0.25, 0.3) is 0 Å². The maximum absolute atomic E-state index is 5.33. The van der Waals surface area contributed by atoms with Crippen LogP contribution in [0.5, 0.6) is 5.75 Å². The summed E-state index contributed by atoms with van der Waals surface area (Å²) in [5.41, 5.74) is 1.06. The van der Waals surface area contributed by atoms with Crippen molar-refractivity contribution in [1.82, 2.24) is 30.0 Å². The summed E-state index contributed by atoms with van der Waals surface area (Å²) < 4.78 is 7.33. The van der Waals surface area contributed by atoms with Gasteiger partial charge in [-0.25, -0.2) is 4.68 Å². The third kappa shape index (κ3) is 3.73. The molecule has 0 N–H and O–H groups in total. The molecule has 2 heterocycles. The van der Waals surface area contributed by atoms with Crippen LogP contribution < -0.4 is 4.74 Å². The Morgan fingerprint density at radius 2 is 1.77 bits per heavy atom. The Labute approximate surface area is 155 Å². The van der Waals surface area contributed by atoms with Crippen LogP contribution in [0.2, 0.25) is 0 Å². The number of tetrazole rings is 1. The first-order chi connectivity index (χ1) is 12.5. The second kappa shape index (κ2) is 7.72. The number of nitrogens with zero attached hydrogens (tertiary/aromatic N) is 6. The first-order valence-corrected chi connectivity index (χ1v) is 9.31. The molecule has 1 aliphatic heterocycles. The van der Waals surface area contributed by atoms with E-state index in [9.17, 15) is 0 Å². The molecule has 2 aromatic rings. The summed E-state index contributed by atoms with van der Waals surface area (Å²) in [6.07, 6.45) is 0.961. The number of likely N-dealkylation sites (N-methyl/N-ethyl adjacent to an activating group) is 1. The number of ether oxygens (including phenoxy) is 1. The molecule has 0 radical (unpaired) electrons. The molecule has 1 saturated heterocycles. The molecule has 0 amide bonds. The van der Waals surface area contributed by atoms with Gasteiger partial charge in [0, 0.05) is 26.2 Å². The van der Waals surface area contributed by atoms with Crippen LogP contribution in [0, 0.1) is 0 Å². The first kappa shape index (κ1) is 18.8. The molecule has 1 aromatic heterocycles. The second-order valence-corrected chi connectivity index (χ2v) is 7.63. The van der Waals surface area contributed by atoms with Gasteiger partial charge >= 0.3 is 0 Å². The molecule has 0 spiro atoms. The summed E-state index contributed by atoms with van der Waals surface area (Å²) in [5, 5.41) is 12.8. The number of hydrogen-bond donors (Lipinski definition) is 0. The van der Waals surface area contributed by atoms with E-state index in [1.54, 1.807) is 7.11 Å². The van der Waals surface area contributed by atoms with Gasteiger partial charge in [0.15, 0.2) is 5.82 Å². The Hall–Kier alpha value is -1.99. The van der Waals surface area contributed by atoms with Crippen molar-refractivity contribution < 1.29 is 4.74 Å². The number of hydrogen-bond acceptors (Lipinski definition) is 6. The fraction of sp³-hybridized carbons (Fsp3) is 0.632. The molecular weight excluding hydrogens is 328 g/mol. The molecule has 142 valence electrons. The third-order valence-corrected chi connectivity index (χ3v) is 5.51. The Morgan fingerprint density at radius 3 is 2.35 bits per heavy atom. The maximum atomic E-state index is 5.33. The van der Waals surface area contributed by atoms with E-state index in [-0.39, 0.29) is 11.6 Å². The largest absolute Gasteiger partial charge is 0.497 e. The topological polar surface area (TPSA) is 59.3 Å². The maximum Gasteiger partial charge on any atom is 0.173 e. The van der Waals surface area contributed by atoms with Crippen molar-refractivity contribution in [2.45, 2.75) is 38.8 Å². The third-order valence-electron chi connectivity index (χ3n) is 5.51. The van der Waals surface area contributed by atoms with E-state index in [0.717, 1.165) is 44.2 Å². The van der Waals surface area contributed by atoms with E-state index in [1.807, 2.05) is 16.8 Å². The lowest BCUT2D eigenvalue weighted by Crippen LogP contribution is -2.47. The van der Waals surface area contributed by atoms with E-state index < -0.39 is 0 Å². The minimum absolute atomic E-state index is 0.0374. The van der Waals surface area contributed by atoms with Crippen molar-refractivity contribution >= 4 is 0 Å². The molecular formula is C19H30N6O. The molecule has 7 nitrogen and oxygen atoms in total. The monoisotopic (exact) mass is 358 g/mol. The Bertz CT molecular complexity index is 703. The van der Waals surface area contributed by atoms with Crippen molar-refractivity contribution in [3.63, 3.8) is 0 Å².